The Morgan fingerprint density at radius 1 is 1.35 bits per heavy atom. The van der Waals surface area contributed by atoms with Crippen molar-refractivity contribution in [3.8, 4) is 11.3 Å². The number of aromatic nitrogens is 2. The monoisotopic (exact) mass is 251 g/mol. The second-order valence-electron chi connectivity index (χ2n) is 4.05. The highest BCUT2D eigenvalue weighted by Gasteiger charge is 2.15. The lowest BCUT2D eigenvalue weighted by Crippen LogP contribution is -2.28. The van der Waals surface area contributed by atoms with E-state index in [9.17, 15) is 4.39 Å². The first-order valence-corrected chi connectivity index (χ1v) is 5.85. The molecule has 1 N–H and O–H groups in total. The molecule has 0 unspecified atom stereocenters. The van der Waals surface area contributed by atoms with E-state index in [1.165, 1.54) is 6.07 Å². The van der Waals surface area contributed by atoms with Crippen LogP contribution in [0.2, 0.25) is 5.02 Å². The van der Waals surface area contributed by atoms with Gasteiger partial charge in [0.25, 0.3) is 0 Å². The molecule has 1 aliphatic heterocycles. The molecule has 1 aliphatic rings. The van der Waals surface area contributed by atoms with E-state index in [-0.39, 0.29) is 5.82 Å². The van der Waals surface area contributed by atoms with Gasteiger partial charge in [0.2, 0.25) is 0 Å². The summed E-state index contributed by atoms with van der Waals surface area (Å²) < 4.78 is 15.7. The Hall–Kier alpha value is -1.39. The summed E-state index contributed by atoms with van der Waals surface area (Å²) in [6.07, 6.45) is 0. The maximum absolute atomic E-state index is 13.8. The van der Waals surface area contributed by atoms with Gasteiger partial charge in [-0.3, -0.25) is 4.68 Å². The molecule has 0 amide bonds. The number of benzene rings is 1. The largest absolute Gasteiger partial charge is 0.309 e. The molecule has 17 heavy (non-hydrogen) atoms. The van der Waals surface area contributed by atoms with Gasteiger partial charge in [-0.1, -0.05) is 11.6 Å². The zero-order valence-corrected chi connectivity index (χ0v) is 9.84. The van der Waals surface area contributed by atoms with Crippen LogP contribution in [0.15, 0.2) is 24.3 Å². The molecule has 2 heterocycles. The smallest absolute Gasteiger partial charge is 0.134 e. The maximum Gasteiger partial charge on any atom is 0.134 e. The Balaban J connectivity index is 2.06. The SMILES string of the molecule is Fc1cc(Cl)ccc1-c1cc2n(n1)CCNC2. The molecule has 2 aromatic rings. The zero-order valence-electron chi connectivity index (χ0n) is 9.08. The number of halogens is 2. The number of hydrogen-bond donors (Lipinski definition) is 1. The summed E-state index contributed by atoms with van der Waals surface area (Å²) in [5, 5.41) is 8.06. The number of rotatable bonds is 1. The van der Waals surface area contributed by atoms with Crippen LogP contribution in [0.3, 0.4) is 0 Å². The molecule has 0 aliphatic carbocycles. The van der Waals surface area contributed by atoms with Crippen LogP contribution in [0.25, 0.3) is 11.3 Å². The maximum atomic E-state index is 13.8. The molecule has 0 radical (unpaired) electrons. The Kier molecular flexibility index (Phi) is 2.61. The molecule has 1 aromatic carbocycles. The highest BCUT2D eigenvalue weighted by atomic mass is 35.5. The zero-order chi connectivity index (χ0) is 11.8. The lowest BCUT2D eigenvalue weighted by molar-refractivity contribution is 0.476. The molecule has 0 spiro atoms. The van der Waals surface area contributed by atoms with Crippen molar-refractivity contribution in [2.75, 3.05) is 6.54 Å². The van der Waals surface area contributed by atoms with E-state index in [0.29, 0.717) is 16.3 Å². The normalized spacial score (nSPS) is 14.7. The van der Waals surface area contributed by atoms with Crippen molar-refractivity contribution in [3.05, 3.63) is 40.8 Å². The minimum Gasteiger partial charge on any atom is -0.309 e. The lowest BCUT2D eigenvalue weighted by atomic mass is 10.1. The summed E-state index contributed by atoms with van der Waals surface area (Å²) >= 11 is 5.73. The molecule has 0 saturated carbocycles. The van der Waals surface area contributed by atoms with Crippen molar-refractivity contribution in [1.82, 2.24) is 15.1 Å². The Bertz CT molecular complexity index is 541. The van der Waals surface area contributed by atoms with Gasteiger partial charge in [0.05, 0.1) is 17.9 Å². The fraction of sp³-hybridized carbons (Fsp3) is 0.250. The Morgan fingerprint density at radius 3 is 3.00 bits per heavy atom. The number of nitrogens with one attached hydrogen (secondary N) is 1. The van der Waals surface area contributed by atoms with Crippen LogP contribution in [-0.4, -0.2) is 16.3 Å². The minimum atomic E-state index is -0.332. The van der Waals surface area contributed by atoms with Crippen molar-refractivity contribution in [2.24, 2.45) is 0 Å². The predicted octanol–water partition coefficient (Wildman–Crippen LogP) is 2.45. The molecule has 3 rings (SSSR count). The summed E-state index contributed by atoms with van der Waals surface area (Å²) in [5.41, 5.74) is 2.25. The third kappa shape index (κ3) is 1.94. The van der Waals surface area contributed by atoms with Crippen molar-refractivity contribution < 1.29 is 4.39 Å². The van der Waals surface area contributed by atoms with E-state index in [2.05, 4.69) is 10.4 Å². The molecule has 3 nitrogen and oxygen atoms in total. The van der Waals surface area contributed by atoms with E-state index < -0.39 is 0 Å². The van der Waals surface area contributed by atoms with Gasteiger partial charge in [-0.15, -0.1) is 0 Å². The van der Waals surface area contributed by atoms with Gasteiger partial charge < -0.3 is 5.32 Å². The van der Waals surface area contributed by atoms with Crippen LogP contribution >= 0.6 is 11.6 Å². The van der Waals surface area contributed by atoms with Crippen LogP contribution in [0.4, 0.5) is 4.39 Å². The predicted molar refractivity (Wildman–Crippen MR) is 64.3 cm³/mol. The Labute approximate surface area is 103 Å². The van der Waals surface area contributed by atoms with E-state index in [4.69, 9.17) is 11.6 Å². The molecule has 0 fully saturated rings. The molecule has 5 heteroatoms. The van der Waals surface area contributed by atoms with Gasteiger partial charge in [-0.05, 0) is 24.3 Å². The van der Waals surface area contributed by atoms with Crippen molar-refractivity contribution >= 4 is 11.6 Å². The second-order valence-corrected chi connectivity index (χ2v) is 4.48. The summed E-state index contributed by atoms with van der Waals surface area (Å²) in [5.74, 6) is -0.332. The molecule has 0 bridgehead atoms. The van der Waals surface area contributed by atoms with Crippen molar-refractivity contribution in [3.63, 3.8) is 0 Å². The first-order valence-electron chi connectivity index (χ1n) is 5.47. The van der Waals surface area contributed by atoms with Gasteiger partial charge in [0.1, 0.15) is 5.82 Å². The molecule has 88 valence electrons. The Morgan fingerprint density at radius 2 is 2.24 bits per heavy atom. The van der Waals surface area contributed by atoms with Crippen LogP contribution in [0.1, 0.15) is 5.69 Å². The van der Waals surface area contributed by atoms with Gasteiger partial charge in [0.15, 0.2) is 0 Å². The highest BCUT2D eigenvalue weighted by molar-refractivity contribution is 6.30. The first kappa shape index (κ1) is 10.7. The average molecular weight is 252 g/mol. The number of hydrogen-bond acceptors (Lipinski definition) is 2. The van der Waals surface area contributed by atoms with Gasteiger partial charge in [-0.2, -0.15) is 5.10 Å². The molecule has 0 saturated heterocycles. The third-order valence-electron chi connectivity index (χ3n) is 2.88. The summed E-state index contributed by atoms with van der Waals surface area (Å²) in [4.78, 5) is 0. The van der Waals surface area contributed by atoms with E-state index in [0.717, 1.165) is 25.3 Å². The van der Waals surface area contributed by atoms with E-state index in [1.807, 2.05) is 10.7 Å². The molecular formula is C12H11ClFN3. The number of nitrogens with zero attached hydrogens (tertiary/aromatic N) is 2. The second kappa shape index (κ2) is 4.13. The van der Waals surface area contributed by atoms with Crippen LogP contribution < -0.4 is 5.32 Å². The van der Waals surface area contributed by atoms with Crippen LogP contribution in [-0.2, 0) is 13.1 Å². The van der Waals surface area contributed by atoms with E-state index >= 15 is 0 Å². The third-order valence-corrected chi connectivity index (χ3v) is 3.11. The number of fused-ring (bicyclic) bond motifs is 1. The molecule has 0 atom stereocenters. The fourth-order valence-corrected chi connectivity index (χ4v) is 2.18. The first-order chi connectivity index (χ1) is 8.24. The van der Waals surface area contributed by atoms with Crippen LogP contribution in [0, 0.1) is 5.82 Å². The topological polar surface area (TPSA) is 29.9 Å². The van der Waals surface area contributed by atoms with Crippen LogP contribution in [0.5, 0.6) is 0 Å². The molecule has 1 aromatic heterocycles. The highest BCUT2D eigenvalue weighted by Crippen LogP contribution is 2.25. The summed E-state index contributed by atoms with van der Waals surface area (Å²) in [6, 6.07) is 6.57. The standard InChI is InChI=1S/C12H11ClFN3/c13-8-1-2-10(11(14)5-8)12-6-9-7-15-3-4-17(9)16-12/h1-2,5-6,15H,3-4,7H2. The van der Waals surface area contributed by atoms with Gasteiger partial charge >= 0.3 is 0 Å². The molecular weight excluding hydrogens is 241 g/mol. The van der Waals surface area contributed by atoms with Crippen molar-refractivity contribution in [2.45, 2.75) is 13.1 Å². The summed E-state index contributed by atoms with van der Waals surface area (Å²) in [6.45, 7) is 2.50. The van der Waals surface area contributed by atoms with E-state index in [1.54, 1.807) is 12.1 Å². The summed E-state index contributed by atoms with van der Waals surface area (Å²) in [7, 11) is 0. The lowest BCUT2D eigenvalue weighted by Gasteiger charge is -2.13. The van der Waals surface area contributed by atoms with Gasteiger partial charge in [-0.25, -0.2) is 4.39 Å². The van der Waals surface area contributed by atoms with Gasteiger partial charge in [0, 0.05) is 23.7 Å². The fourth-order valence-electron chi connectivity index (χ4n) is 2.02. The minimum absolute atomic E-state index is 0.332. The van der Waals surface area contributed by atoms with Crippen molar-refractivity contribution in [1.29, 1.82) is 0 Å². The average Bonchev–Trinajstić information content (AvgIpc) is 2.72. The quantitative estimate of drug-likeness (QED) is 0.844.